The second kappa shape index (κ2) is 7.48. The van der Waals surface area contributed by atoms with Crippen LogP contribution in [-0.2, 0) is 9.59 Å². The molecule has 2 atom stereocenters. The van der Waals surface area contributed by atoms with Gasteiger partial charge in [-0.05, 0) is 33.9 Å². The summed E-state index contributed by atoms with van der Waals surface area (Å²) in [5.41, 5.74) is 0. The summed E-state index contributed by atoms with van der Waals surface area (Å²) in [6, 6.07) is 0.0111. The van der Waals surface area contributed by atoms with Crippen molar-refractivity contribution < 1.29 is 9.59 Å². The van der Waals surface area contributed by atoms with Crippen LogP contribution >= 0.6 is 0 Å². The lowest BCUT2D eigenvalue weighted by atomic mass is 10.0. The summed E-state index contributed by atoms with van der Waals surface area (Å²) in [5.74, 6) is 0.265. The Morgan fingerprint density at radius 2 is 2.00 bits per heavy atom. The monoisotopic (exact) mass is 255 g/mol. The minimum absolute atomic E-state index is 0.0995. The number of nitrogens with zero attached hydrogens (tertiary/aromatic N) is 1. The predicted molar refractivity (Wildman–Crippen MR) is 71.4 cm³/mol. The van der Waals surface area contributed by atoms with Crippen LogP contribution in [0.3, 0.4) is 0 Å². The zero-order valence-electron chi connectivity index (χ0n) is 11.7. The summed E-state index contributed by atoms with van der Waals surface area (Å²) in [6.07, 6.45) is 3.71. The van der Waals surface area contributed by atoms with E-state index < -0.39 is 0 Å². The molecule has 0 saturated carbocycles. The van der Waals surface area contributed by atoms with E-state index in [-0.39, 0.29) is 23.8 Å². The van der Waals surface area contributed by atoms with Crippen molar-refractivity contribution in [3.63, 3.8) is 0 Å². The predicted octanol–water partition coefficient (Wildman–Crippen LogP) is 0.154. The summed E-state index contributed by atoms with van der Waals surface area (Å²) in [7, 11) is 3.75. The normalized spacial score (nSPS) is 27.7. The van der Waals surface area contributed by atoms with Crippen molar-refractivity contribution in [2.75, 3.05) is 27.2 Å². The molecule has 0 bridgehead atoms. The average Bonchev–Trinajstić information content (AvgIpc) is 2.52. The fourth-order valence-electron chi connectivity index (χ4n) is 2.58. The Kier molecular flexibility index (Phi) is 6.29. The molecule has 2 rings (SSSR count). The van der Waals surface area contributed by atoms with Gasteiger partial charge in [0, 0.05) is 25.6 Å². The van der Waals surface area contributed by atoms with Crippen LogP contribution in [0.5, 0.6) is 0 Å². The first kappa shape index (κ1) is 15.1. The van der Waals surface area contributed by atoms with E-state index in [1.54, 1.807) is 6.92 Å². The molecule has 2 saturated heterocycles. The molecule has 2 aliphatic rings. The van der Waals surface area contributed by atoms with Gasteiger partial charge in [-0.1, -0.05) is 6.42 Å². The number of hydrogen-bond acceptors (Lipinski definition) is 4. The molecule has 2 fully saturated rings. The standard InChI is InChI=1S/C11H18N2O2.C2H7N/c1-8(14)10-7-12-6-9-4-2-3-5-11(15)13(9)10;1-3-2/h9-10,12H,2-7H2,1H3;3H,1-2H3. The zero-order valence-corrected chi connectivity index (χ0v) is 11.7. The van der Waals surface area contributed by atoms with Gasteiger partial charge < -0.3 is 15.5 Å². The van der Waals surface area contributed by atoms with Crippen molar-refractivity contribution >= 4 is 11.7 Å². The highest BCUT2D eigenvalue weighted by molar-refractivity contribution is 5.88. The van der Waals surface area contributed by atoms with Crippen molar-refractivity contribution in [3.05, 3.63) is 0 Å². The van der Waals surface area contributed by atoms with E-state index in [1.165, 1.54) is 0 Å². The number of piperazine rings is 1. The van der Waals surface area contributed by atoms with Crippen LogP contribution in [-0.4, -0.2) is 55.9 Å². The second-order valence-electron chi connectivity index (χ2n) is 4.99. The molecule has 0 aromatic carbocycles. The molecule has 104 valence electrons. The first-order chi connectivity index (χ1) is 8.61. The van der Waals surface area contributed by atoms with Crippen molar-refractivity contribution in [1.82, 2.24) is 15.5 Å². The number of nitrogens with one attached hydrogen (secondary N) is 2. The van der Waals surface area contributed by atoms with Crippen molar-refractivity contribution in [1.29, 1.82) is 0 Å². The van der Waals surface area contributed by atoms with E-state index in [4.69, 9.17) is 0 Å². The minimum atomic E-state index is -0.227. The van der Waals surface area contributed by atoms with Gasteiger partial charge in [0.05, 0.1) is 0 Å². The molecule has 0 spiro atoms. The maximum atomic E-state index is 11.9. The highest BCUT2D eigenvalue weighted by Crippen LogP contribution is 2.22. The number of hydrogen-bond donors (Lipinski definition) is 2. The zero-order chi connectivity index (χ0) is 13.5. The van der Waals surface area contributed by atoms with Gasteiger partial charge in [-0.15, -0.1) is 0 Å². The third-order valence-electron chi connectivity index (χ3n) is 3.38. The fourth-order valence-corrected chi connectivity index (χ4v) is 2.58. The summed E-state index contributed by atoms with van der Waals surface area (Å²) < 4.78 is 0. The first-order valence-corrected chi connectivity index (χ1v) is 6.72. The molecular formula is C13H25N3O2. The maximum Gasteiger partial charge on any atom is 0.223 e. The van der Waals surface area contributed by atoms with Crippen molar-refractivity contribution in [2.24, 2.45) is 0 Å². The van der Waals surface area contributed by atoms with Crippen LogP contribution in [0, 0.1) is 0 Å². The van der Waals surface area contributed by atoms with Gasteiger partial charge in [0.2, 0.25) is 5.91 Å². The highest BCUT2D eigenvalue weighted by atomic mass is 16.2. The Morgan fingerprint density at radius 3 is 2.61 bits per heavy atom. The summed E-state index contributed by atoms with van der Waals surface area (Å²) in [5, 5.41) is 6.00. The molecule has 0 aliphatic carbocycles. The van der Waals surface area contributed by atoms with Gasteiger partial charge in [0.1, 0.15) is 6.04 Å². The quantitative estimate of drug-likeness (QED) is 0.700. The Bertz CT molecular complexity index is 294. The number of carbonyl (C=O) groups is 2. The molecular weight excluding hydrogens is 230 g/mol. The van der Waals surface area contributed by atoms with Gasteiger partial charge in [-0.2, -0.15) is 0 Å². The lowest BCUT2D eigenvalue weighted by Crippen LogP contribution is -2.61. The molecule has 0 radical (unpaired) electrons. The molecule has 1 amide bonds. The van der Waals surface area contributed by atoms with E-state index in [0.29, 0.717) is 13.0 Å². The number of carbonyl (C=O) groups excluding carboxylic acids is 2. The Balaban J connectivity index is 0.000000492. The molecule has 2 heterocycles. The molecule has 0 aromatic heterocycles. The number of rotatable bonds is 1. The molecule has 18 heavy (non-hydrogen) atoms. The van der Waals surface area contributed by atoms with Crippen molar-refractivity contribution in [2.45, 2.75) is 44.7 Å². The van der Waals surface area contributed by atoms with Crippen LogP contribution in [0.15, 0.2) is 0 Å². The second-order valence-corrected chi connectivity index (χ2v) is 4.99. The number of amides is 1. The molecule has 2 aliphatic heterocycles. The molecule has 5 heteroatoms. The molecule has 2 N–H and O–H groups in total. The van der Waals surface area contributed by atoms with E-state index in [1.807, 2.05) is 19.0 Å². The topological polar surface area (TPSA) is 61.4 Å². The smallest absolute Gasteiger partial charge is 0.223 e. The van der Waals surface area contributed by atoms with Crippen LogP contribution in [0.25, 0.3) is 0 Å². The fraction of sp³-hybridized carbons (Fsp3) is 0.846. The van der Waals surface area contributed by atoms with Crippen LogP contribution in [0.2, 0.25) is 0 Å². The Hall–Kier alpha value is -0.940. The summed E-state index contributed by atoms with van der Waals surface area (Å²) >= 11 is 0. The van der Waals surface area contributed by atoms with E-state index >= 15 is 0 Å². The number of fused-ring (bicyclic) bond motifs is 1. The molecule has 0 aromatic rings. The van der Waals surface area contributed by atoms with E-state index in [0.717, 1.165) is 25.8 Å². The number of ketones is 1. The minimum Gasteiger partial charge on any atom is -0.327 e. The Morgan fingerprint density at radius 1 is 1.33 bits per heavy atom. The third-order valence-corrected chi connectivity index (χ3v) is 3.38. The first-order valence-electron chi connectivity index (χ1n) is 6.72. The highest BCUT2D eigenvalue weighted by Gasteiger charge is 2.36. The summed E-state index contributed by atoms with van der Waals surface area (Å²) in [4.78, 5) is 25.2. The van der Waals surface area contributed by atoms with Gasteiger partial charge in [0.15, 0.2) is 5.78 Å². The van der Waals surface area contributed by atoms with Gasteiger partial charge in [0.25, 0.3) is 0 Å². The maximum absolute atomic E-state index is 11.9. The molecule has 2 unspecified atom stereocenters. The van der Waals surface area contributed by atoms with Gasteiger partial charge in [-0.25, -0.2) is 0 Å². The van der Waals surface area contributed by atoms with E-state index in [2.05, 4.69) is 10.6 Å². The van der Waals surface area contributed by atoms with E-state index in [9.17, 15) is 9.59 Å². The van der Waals surface area contributed by atoms with Gasteiger partial charge in [-0.3, -0.25) is 9.59 Å². The lowest BCUT2D eigenvalue weighted by molar-refractivity contribution is -0.142. The Labute approximate surface area is 109 Å². The lowest BCUT2D eigenvalue weighted by Gasteiger charge is -2.40. The summed E-state index contributed by atoms with van der Waals surface area (Å²) in [6.45, 7) is 3.04. The molecule has 5 nitrogen and oxygen atoms in total. The third kappa shape index (κ3) is 3.78. The van der Waals surface area contributed by atoms with Crippen LogP contribution in [0.1, 0.15) is 32.6 Å². The SMILES string of the molecule is CC(=O)C1CNCC2CCCCC(=O)N21.CNC. The van der Waals surface area contributed by atoms with Crippen LogP contribution in [0.4, 0.5) is 0 Å². The largest absolute Gasteiger partial charge is 0.327 e. The van der Waals surface area contributed by atoms with Gasteiger partial charge >= 0.3 is 0 Å². The number of Topliss-reactive ketones (excluding diaryl/α,β-unsaturated/α-hetero) is 1. The van der Waals surface area contributed by atoms with Crippen LogP contribution < -0.4 is 10.6 Å². The van der Waals surface area contributed by atoms with Crippen molar-refractivity contribution in [3.8, 4) is 0 Å². The average molecular weight is 255 g/mol.